The normalized spacial score (nSPS) is 15.4. The van der Waals surface area contributed by atoms with Crippen molar-refractivity contribution in [2.24, 2.45) is 0 Å². The molecule has 0 radical (unpaired) electrons. The summed E-state index contributed by atoms with van der Waals surface area (Å²) in [6.07, 6.45) is 1.72. The van der Waals surface area contributed by atoms with Crippen molar-refractivity contribution in [2.45, 2.75) is 53.1 Å². The summed E-state index contributed by atoms with van der Waals surface area (Å²) in [5.74, 6) is 1.08. The first-order valence-electron chi connectivity index (χ1n) is 13.9. The zero-order chi connectivity index (χ0) is 29.8. The minimum atomic E-state index is -0.613. The molecule has 0 amide bonds. The Kier molecular flexibility index (Phi) is 12.3. The summed E-state index contributed by atoms with van der Waals surface area (Å²) in [5, 5.41) is 10.8. The van der Waals surface area contributed by atoms with Crippen LogP contribution in [0.4, 0.5) is 0 Å². The standard InChI is InChI=1S/C28H35NO9S.C2H6/c1-28(2,3)38-25(31)7-6-24(30)37-18-36-22(8-9-29-10-12-33-13-11-29)27-26(32)20(17-39-27)19-4-5-21-23(16-19)35-15-14-34-21;1-2/h4-5,8,16-17,32H,6-7,9-15,18H2,1-3H3;1-2H3/p+1/b22-8+;. The van der Waals surface area contributed by atoms with E-state index >= 15 is 0 Å². The Morgan fingerprint density at radius 2 is 1.68 bits per heavy atom. The molecule has 1 saturated heterocycles. The lowest BCUT2D eigenvalue weighted by atomic mass is 10.1. The number of rotatable bonds is 10. The Morgan fingerprint density at radius 3 is 2.39 bits per heavy atom. The highest BCUT2D eigenvalue weighted by atomic mass is 32.1. The molecule has 0 aliphatic carbocycles. The summed E-state index contributed by atoms with van der Waals surface area (Å²) in [5.41, 5.74) is 0.965. The van der Waals surface area contributed by atoms with E-state index in [0.29, 0.717) is 60.9 Å². The fourth-order valence-corrected chi connectivity index (χ4v) is 4.98. The van der Waals surface area contributed by atoms with E-state index in [2.05, 4.69) is 4.90 Å². The van der Waals surface area contributed by atoms with Gasteiger partial charge in [-0.1, -0.05) is 19.9 Å². The van der Waals surface area contributed by atoms with E-state index in [1.165, 1.54) is 11.3 Å². The molecule has 0 unspecified atom stereocenters. The maximum absolute atomic E-state index is 12.2. The van der Waals surface area contributed by atoms with Crippen molar-refractivity contribution >= 4 is 29.0 Å². The lowest BCUT2D eigenvalue weighted by Crippen LogP contribution is -2.36. The molecule has 10 nitrogen and oxygen atoms in total. The molecule has 11 heteroatoms. The van der Waals surface area contributed by atoms with Gasteiger partial charge in [-0.05, 0) is 44.5 Å². The van der Waals surface area contributed by atoms with E-state index in [9.17, 15) is 9.59 Å². The van der Waals surface area contributed by atoms with E-state index in [1.807, 2.05) is 43.5 Å². The molecule has 226 valence electrons. The van der Waals surface area contributed by atoms with Crippen molar-refractivity contribution in [3.63, 3.8) is 0 Å². The van der Waals surface area contributed by atoms with Crippen LogP contribution in [0.3, 0.4) is 0 Å². The number of nitrogens with zero attached hydrogens (tertiary/aromatic N) is 1. The molecule has 0 saturated carbocycles. The van der Waals surface area contributed by atoms with Gasteiger partial charge in [-0.2, -0.15) is 0 Å². The number of hydrogen-bond acceptors (Lipinski definition) is 10. The number of ether oxygens (including phenoxy) is 6. The van der Waals surface area contributed by atoms with Gasteiger partial charge in [0.1, 0.15) is 24.6 Å². The zero-order valence-corrected chi connectivity index (χ0v) is 25.4. The SMILES string of the molecule is CC.CC(C)(C)OC(=O)CCC(=O)OCO/C(=C/CN1CCOCC1)c1scc(-c2ccc3c(c2)OCCO3)c1[OH2+]. The third kappa shape index (κ3) is 9.94. The van der Waals surface area contributed by atoms with Crippen LogP contribution in [-0.4, -0.2) is 80.4 Å². The van der Waals surface area contributed by atoms with Crippen molar-refractivity contribution in [1.82, 2.24) is 4.90 Å². The lowest BCUT2D eigenvalue weighted by molar-refractivity contribution is -0.160. The van der Waals surface area contributed by atoms with Crippen LogP contribution in [0.15, 0.2) is 29.7 Å². The van der Waals surface area contributed by atoms with Gasteiger partial charge in [0.15, 0.2) is 16.4 Å². The Bertz CT molecular complexity index is 1180. The molecule has 0 spiro atoms. The molecule has 3 heterocycles. The first-order chi connectivity index (χ1) is 19.7. The topological polar surface area (TPSA) is 116 Å². The Balaban J connectivity index is 0.00000226. The van der Waals surface area contributed by atoms with Crippen molar-refractivity contribution in [3.05, 3.63) is 34.5 Å². The predicted molar refractivity (Wildman–Crippen MR) is 158 cm³/mol. The monoisotopic (exact) mass is 592 g/mol. The zero-order valence-electron chi connectivity index (χ0n) is 24.6. The number of benzene rings is 1. The Morgan fingerprint density at radius 1 is 1.00 bits per heavy atom. The molecular weight excluding hydrogens is 550 g/mol. The first kappa shape index (κ1) is 32.2. The van der Waals surface area contributed by atoms with Crippen LogP contribution in [0.1, 0.15) is 52.3 Å². The van der Waals surface area contributed by atoms with Gasteiger partial charge in [-0.25, -0.2) is 0 Å². The van der Waals surface area contributed by atoms with Crippen LogP contribution in [0.2, 0.25) is 0 Å². The summed E-state index contributed by atoms with van der Waals surface area (Å²) >= 11 is 1.38. The summed E-state index contributed by atoms with van der Waals surface area (Å²) in [6.45, 7) is 13.5. The van der Waals surface area contributed by atoms with Crippen LogP contribution in [0.25, 0.3) is 16.9 Å². The minimum absolute atomic E-state index is 0.0729. The third-order valence-corrected chi connectivity index (χ3v) is 6.89. The van der Waals surface area contributed by atoms with Crippen molar-refractivity contribution in [2.75, 3.05) is 52.9 Å². The van der Waals surface area contributed by atoms with Gasteiger partial charge >= 0.3 is 11.9 Å². The molecule has 2 N–H and O–H groups in total. The van der Waals surface area contributed by atoms with Gasteiger partial charge < -0.3 is 33.5 Å². The Labute approximate surface area is 245 Å². The molecule has 1 aromatic heterocycles. The van der Waals surface area contributed by atoms with Crippen LogP contribution in [-0.2, 0) is 28.5 Å². The summed E-state index contributed by atoms with van der Waals surface area (Å²) < 4.78 is 33.1. The molecule has 1 aromatic carbocycles. The molecule has 41 heavy (non-hydrogen) atoms. The fourth-order valence-electron chi connectivity index (χ4n) is 4.00. The molecule has 2 aromatic rings. The largest absolute Gasteiger partial charge is 0.592 e. The van der Waals surface area contributed by atoms with Crippen LogP contribution >= 0.6 is 11.3 Å². The van der Waals surface area contributed by atoms with Crippen molar-refractivity contribution < 1.29 is 43.1 Å². The summed E-state index contributed by atoms with van der Waals surface area (Å²) in [6, 6.07) is 5.63. The summed E-state index contributed by atoms with van der Waals surface area (Å²) in [7, 11) is 0. The first-order valence-corrected chi connectivity index (χ1v) is 14.8. The molecule has 4 rings (SSSR count). The third-order valence-electron chi connectivity index (χ3n) is 5.89. The number of thiophene rings is 1. The second-order valence-corrected chi connectivity index (χ2v) is 10.9. The maximum Gasteiger partial charge on any atom is 0.309 e. The van der Waals surface area contributed by atoms with Gasteiger partial charge in [-0.15, -0.1) is 11.3 Å². The quantitative estimate of drug-likeness (QED) is 0.163. The molecule has 0 atom stereocenters. The van der Waals surface area contributed by atoms with E-state index in [1.54, 1.807) is 20.8 Å². The summed E-state index contributed by atoms with van der Waals surface area (Å²) in [4.78, 5) is 26.9. The van der Waals surface area contributed by atoms with Crippen LogP contribution < -0.4 is 9.47 Å². The molecule has 0 bridgehead atoms. The van der Waals surface area contributed by atoms with E-state index < -0.39 is 17.5 Å². The number of carbonyl (C=O) groups is 2. The minimum Gasteiger partial charge on any atom is -0.592 e. The number of fused-ring (bicyclic) bond motifs is 1. The lowest BCUT2D eigenvalue weighted by Gasteiger charge is -2.25. The van der Waals surface area contributed by atoms with Gasteiger partial charge in [0, 0.05) is 25.0 Å². The van der Waals surface area contributed by atoms with Crippen LogP contribution in [0.5, 0.6) is 17.2 Å². The second kappa shape index (κ2) is 15.6. The smallest absolute Gasteiger partial charge is 0.309 e. The second-order valence-electron chi connectivity index (χ2n) is 10.1. The van der Waals surface area contributed by atoms with Crippen molar-refractivity contribution in [1.29, 1.82) is 0 Å². The molecular formula is C30H42NO9S+. The van der Waals surface area contributed by atoms with Gasteiger partial charge in [0.05, 0.1) is 31.6 Å². The molecule has 2 aliphatic heterocycles. The van der Waals surface area contributed by atoms with E-state index in [0.717, 1.165) is 24.2 Å². The predicted octanol–water partition coefficient (Wildman–Crippen LogP) is 4.96. The fraction of sp³-hybridized carbons (Fsp3) is 0.533. The highest BCUT2D eigenvalue weighted by Crippen LogP contribution is 2.44. The number of carbonyl (C=O) groups excluding carboxylic acids is 2. The van der Waals surface area contributed by atoms with Gasteiger partial charge in [0.25, 0.3) is 5.75 Å². The molecule has 1 fully saturated rings. The highest BCUT2D eigenvalue weighted by molar-refractivity contribution is 7.12. The number of esters is 2. The van der Waals surface area contributed by atoms with E-state index in [4.69, 9.17) is 33.5 Å². The van der Waals surface area contributed by atoms with E-state index in [-0.39, 0.29) is 19.6 Å². The highest BCUT2D eigenvalue weighted by Gasteiger charge is 2.24. The average Bonchev–Trinajstić information content (AvgIpc) is 3.35. The van der Waals surface area contributed by atoms with Crippen LogP contribution in [0, 0.1) is 0 Å². The van der Waals surface area contributed by atoms with Gasteiger partial charge in [0.2, 0.25) is 6.79 Å². The average molecular weight is 593 g/mol. The van der Waals surface area contributed by atoms with Gasteiger partial charge in [-0.3, -0.25) is 14.5 Å². The number of hydrogen-bond donors (Lipinski definition) is 0. The maximum atomic E-state index is 12.2. The number of morpholine rings is 1. The molecule has 2 aliphatic rings. The Hall–Kier alpha value is -3.28. The van der Waals surface area contributed by atoms with Crippen molar-refractivity contribution in [3.8, 4) is 28.4 Å².